The van der Waals surface area contributed by atoms with Gasteiger partial charge in [0.2, 0.25) is 0 Å². The number of nitrogens with one attached hydrogen (secondary N) is 2. The van der Waals surface area contributed by atoms with Gasteiger partial charge in [0.1, 0.15) is 6.26 Å². The molecule has 0 aliphatic heterocycles. The maximum atomic E-state index is 13.5. The van der Waals surface area contributed by atoms with Crippen LogP contribution in [0.2, 0.25) is 0 Å². The number of hydrogen-bond donors (Lipinski definition) is 2. The highest BCUT2D eigenvalue weighted by Crippen LogP contribution is 2.37. The molecule has 0 bridgehead atoms. The molecular formula is C19H14F3N3O4. The molecule has 0 saturated carbocycles. The van der Waals surface area contributed by atoms with E-state index in [0.717, 1.165) is 18.4 Å². The van der Waals surface area contributed by atoms with E-state index in [9.17, 15) is 27.6 Å². The molecule has 3 aromatic rings. The van der Waals surface area contributed by atoms with Crippen molar-refractivity contribution in [3.05, 3.63) is 82.2 Å². The number of alkyl halides is 3. The molecular weight excluding hydrogens is 391 g/mol. The summed E-state index contributed by atoms with van der Waals surface area (Å²) >= 11 is 0. The van der Waals surface area contributed by atoms with Crippen LogP contribution < -0.4 is 16.2 Å². The molecule has 2 amide bonds. The van der Waals surface area contributed by atoms with Crippen LogP contribution in [0.4, 0.5) is 24.5 Å². The minimum absolute atomic E-state index is 0.0847. The Balaban J connectivity index is 1.88. The second-order valence-electron chi connectivity index (χ2n) is 6.04. The van der Waals surface area contributed by atoms with Crippen LogP contribution in [0, 0.1) is 0 Å². The zero-order valence-electron chi connectivity index (χ0n) is 14.9. The number of carbonyl (C=O) groups is 2. The van der Waals surface area contributed by atoms with Crippen LogP contribution in [0.1, 0.15) is 26.3 Å². The van der Waals surface area contributed by atoms with E-state index in [0.29, 0.717) is 6.07 Å². The van der Waals surface area contributed by atoms with Gasteiger partial charge in [0.15, 0.2) is 0 Å². The number of rotatable bonds is 4. The highest BCUT2D eigenvalue weighted by Gasteiger charge is 2.34. The largest absolute Gasteiger partial charge is 0.472 e. The van der Waals surface area contributed by atoms with Crippen LogP contribution in [0.15, 0.2) is 64.3 Å². The van der Waals surface area contributed by atoms with Gasteiger partial charge in [-0.2, -0.15) is 13.2 Å². The fourth-order valence-corrected chi connectivity index (χ4v) is 2.45. The number of hydrogen-bond acceptors (Lipinski definition) is 4. The summed E-state index contributed by atoms with van der Waals surface area (Å²) in [5, 5.41) is 4.48. The van der Waals surface area contributed by atoms with Gasteiger partial charge in [0.05, 0.1) is 23.1 Å². The molecule has 2 heterocycles. The van der Waals surface area contributed by atoms with Gasteiger partial charge in [0.25, 0.3) is 17.4 Å². The minimum Gasteiger partial charge on any atom is -0.472 e. The van der Waals surface area contributed by atoms with E-state index >= 15 is 0 Å². The van der Waals surface area contributed by atoms with Crippen LogP contribution in [0.3, 0.4) is 0 Å². The fraction of sp³-hybridized carbons (Fsp3) is 0.105. The monoisotopic (exact) mass is 405 g/mol. The van der Waals surface area contributed by atoms with Gasteiger partial charge in [-0.05, 0) is 30.3 Å². The van der Waals surface area contributed by atoms with Gasteiger partial charge >= 0.3 is 6.18 Å². The maximum absolute atomic E-state index is 13.5. The molecule has 7 nitrogen and oxygen atoms in total. The van der Waals surface area contributed by atoms with Crippen LogP contribution >= 0.6 is 0 Å². The number of amides is 2. The Hall–Kier alpha value is -3.82. The Bertz CT molecular complexity index is 1120. The lowest BCUT2D eigenvalue weighted by molar-refractivity contribution is -0.136. The van der Waals surface area contributed by atoms with Gasteiger partial charge in [-0.1, -0.05) is 0 Å². The zero-order valence-corrected chi connectivity index (χ0v) is 14.9. The van der Waals surface area contributed by atoms with E-state index in [-0.39, 0.29) is 16.8 Å². The van der Waals surface area contributed by atoms with Crippen molar-refractivity contribution in [2.24, 2.45) is 7.05 Å². The minimum atomic E-state index is -4.80. The number of pyridine rings is 1. The van der Waals surface area contributed by atoms with Crippen molar-refractivity contribution >= 4 is 23.2 Å². The summed E-state index contributed by atoms with van der Waals surface area (Å²) in [6.07, 6.45) is -1.06. The van der Waals surface area contributed by atoms with Crippen LogP contribution in [0.25, 0.3) is 0 Å². The van der Waals surface area contributed by atoms with Crippen molar-refractivity contribution < 1.29 is 27.2 Å². The number of halogens is 3. The Kier molecular flexibility index (Phi) is 5.26. The first kappa shape index (κ1) is 19.9. The number of furan rings is 1. The van der Waals surface area contributed by atoms with Crippen molar-refractivity contribution in [1.82, 2.24) is 4.57 Å². The molecule has 29 heavy (non-hydrogen) atoms. The number of aryl methyl sites for hydroxylation is 1. The summed E-state index contributed by atoms with van der Waals surface area (Å²) in [6, 6.07) is 6.63. The molecule has 0 saturated heterocycles. The summed E-state index contributed by atoms with van der Waals surface area (Å²) in [7, 11) is 1.47. The molecule has 0 atom stereocenters. The summed E-state index contributed by atoms with van der Waals surface area (Å²) < 4.78 is 46.4. The zero-order chi connectivity index (χ0) is 21.2. The Morgan fingerprint density at radius 1 is 1.00 bits per heavy atom. The molecule has 3 rings (SSSR count). The average molecular weight is 405 g/mol. The Labute approximate surface area is 161 Å². The lowest BCUT2D eigenvalue weighted by Gasteiger charge is -2.16. The number of carbonyl (C=O) groups excluding carboxylic acids is 2. The molecule has 0 aliphatic rings. The SMILES string of the molecule is Cn1ccc(C(=O)Nc2ccc(NC(=O)c3ccoc3)cc2C(F)(F)F)cc1=O. The fourth-order valence-electron chi connectivity index (χ4n) is 2.45. The van der Waals surface area contributed by atoms with Gasteiger partial charge in [-0.15, -0.1) is 0 Å². The van der Waals surface area contributed by atoms with Gasteiger partial charge in [-0.3, -0.25) is 14.4 Å². The van der Waals surface area contributed by atoms with E-state index in [1.807, 2.05) is 0 Å². The van der Waals surface area contributed by atoms with E-state index in [2.05, 4.69) is 10.6 Å². The smallest absolute Gasteiger partial charge is 0.418 e. The molecule has 2 aromatic heterocycles. The predicted octanol–water partition coefficient (Wildman–Crippen LogP) is 3.50. The first-order valence-electron chi connectivity index (χ1n) is 8.18. The molecule has 0 fully saturated rings. The summed E-state index contributed by atoms with van der Waals surface area (Å²) in [5.41, 5.74) is -2.20. The van der Waals surface area contributed by atoms with Crippen LogP contribution in [0.5, 0.6) is 0 Å². The molecule has 0 radical (unpaired) electrons. The highest BCUT2D eigenvalue weighted by atomic mass is 19.4. The molecule has 0 aliphatic carbocycles. The van der Waals surface area contributed by atoms with E-state index < -0.39 is 34.8 Å². The normalized spacial score (nSPS) is 11.2. The van der Waals surface area contributed by atoms with E-state index in [1.165, 1.54) is 42.3 Å². The molecule has 10 heteroatoms. The maximum Gasteiger partial charge on any atom is 0.418 e. The number of aromatic nitrogens is 1. The van der Waals surface area contributed by atoms with Crippen molar-refractivity contribution in [2.45, 2.75) is 6.18 Å². The lowest BCUT2D eigenvalue weighted by atomic mass is 10.1. The third-order valence-electron chi connectivity index (χ3n) is 3.98. The Morgan fingerprint density at radius 3 is 2.34 bits per heavy atom. The third kappa shape index (κ3) is 4.54. The first-order chi connectivity index (χ1) is 13.6. The number of nitrogens with zero attached hydrogens (tertiary/aromatic N) is 1. The molecule has 150 valence electrons. The van der Waals surface area contributed by atoms with Crippen molar-refractivity contribution in [1.29, 1.82) is 0 Å². The third-order valence-corrected chi connectivity index (χ3v) is 3.98. The quantitative estimate of drug-likeness (QED) is 0.695. The van der Waals surface area contributed by atoms with Crippen molar-refractivity contribution in [2.75, 3.05) is 10.6 Å². The number of benzene rings is 1. The molecule has 2 N–H and O–H groups in total. The standard InChI is InChI=1S/C19H14F3N3O4/c1-25-6-4-11(8-16(25)26)17(27)24-15-3-2-13(9-14(15)19(20,21)22)23-18(28)12-5-7-29-10-12/h2-10H,1H3,(H,23,28)(H,24,27). The predicted molar refractivity (Wildman–Crippen MR) is 97.7 cm³/mol. The second-order valence-corrected chi connectivity index (χ2v) is 6.04. The van der Waals surface area contributed by atoms with Crippen molar-refractivity contribution in [3.8, 4) is 0 Å². The highest BCUT2D eigenvalue weighted by molar-refractivity contribution is 6.06. The topological polar surface area (TPSA) is 93.3 Å². The van der Waals surface area contributed by atoms with Crippen LogP contribution in [-0.4, -0.2) is 16.4 Å². The van der Waals surface area contributed by atoms with Crippen molar-refractivity contribution in [3.63, 3.8) is 0 Å². The van der Waals surface area contributed by atoms with Gasteiger partial charge in [-0.25, -0.2) is 0 Å². The lowest BCUT2D eigenvalue weighted by Crippen LogP contribution is -2.21. The summed E-state index contributed by atoms with van der Waals surface area (Å²) in [4.78, 5) is 35.9. The van der Waals surface area contributed by atoms with Gasteiger partial charge in [0, 0.05) is 30.6 Å². The number of anilines is 2. The molecule has 1 aromatic carbocycles. The summed E-state index contributed by atoms with van der Waals surface area (Å²) in [5.74, 6) is -1.52. The second kappa shape index (κ2) is 7.66. The molecule has 0 unspecified atom stereocenters. The summed E-state index contributed by atoms with van der Waals surface area (Å²) in [6.45, 7) is 0. The Morgan fingerprint density at radius 2 is 1.72 bits per heavy atom. The average Bonchev–Trinajstić information content (AvgIpc) is 3.19. The van der Waals surface area contributed by atoms with E-state index in [4.69, 9.17) is 4.42 Å². The first-order valence-corrected chi connectivity index (χ1v) is 8.18. The van der Waals surface area contributed by atoms with Crippen LogP contribution in [-0.2, 0) is 13.2 Å². The van der Waals surface area contributed by atoms with E-state index in [1.54, 1.807) is 0 Å². The van der Waals surface area contributed by atoms with Gasteiger partial charge < -0.3 is 19.6 Å². The molecule has 0 spiro atoms.